The van der Waals surface area contributed by atoms with Crippen molar-refractivity contribution in [1.82, 2.24) is 24.9 Å². The average molecular weight is 414 g/mol. The van der Waals surface area contributed by atoms with Gasteiger partial charge in [-0.2, -0.15) is 0 Å². The molecular weight excluding hydrogens is 386 g/mol. The summed E-state index contributed by atoms with van der Waals surface area (Å²) in [7, 11) is 1.79. The molecule has 3 heterocycles. The van der Waals surface area contributed by atoms with E-state index in [0.717, 1.165) is 36.5 Å². The molecule has 8 heteroatoms. The van der Waals surface area contributed by atoms with Crippen molar-refractivity contribution in [3.63, 3.8) is 0 Å². The number of hydrogen-bond donors (Lipinski definition) is 0. The predicted molar refractivity (Wildman–Crippen MR) is 110 cm³/mol. The molecule has 7 nitrogen and oxygen atoms in total. The van der Waals surface area contributed by atoms with Crippen LogP contribution in [0.1, 0.15) is 43.3 Å². The molecule has 2 saturated carbocycles. The molecule has 1 saturated heterocycles. The molecule has 2 aliphatic carbocycles. The fourth-order valence-electron chi connectivity index (χ4n) is 4.82. The van der Waals surface area contributed by atoms with E-state index in [2.05, 4.69) is 26.4 Å². The molecule has 0 N–H and O–H groups in total. The van der Waals surface area contributed by atoms with Crippen molar-refractivity contribution in [2.45, 2.75) is 48.6 Å². The van der Waals surface area contributed by atoms with Crippen LogP contribution in [0.15, 0.2) is 35.6 Å². The van der Waals surface area contributed by atoms with Gasteiger partial charge in [0.25, 0.3) is 0 Å². The summed E-state index contributed by atoms with van der Waals surface area (Å²) < 4.78 is 7.88. The monoisotopic (exact) mass is 413 g/mol. The highest BCUT2D eigenvalue weighted by molar-refractivity contribution is 8.00. The molecule has 3 fully saturated rings. The van der Waals surface area contributed by atoms with Crippen molar-refractivity contribution < 1.29 is 9.53 Å². The lowest BCUT2D eigenvalue weighted by atomic mass is 9.77. The Hall–Kier alpha value is -1.93. The average Bonchev–Trinajstić information content (AvgIpc) is 3.33. The first kappa shape index (κ1) is 19.1. The third kappa shape index (κ3) is 4.05. The van der Waals surface area contributed by atoms with Crippen molar-refractivity contribution in [1.29, 1.82) is 0 Å². The Bertz CT molecular complexity index is 856. The number of carbonyl (C=O) groups excluding carboxylic acids is 1. The van der Waals surface area contributed by atoms with E-state index in [9.17, 15) is 4.79 Å². The lowest BCUT2D eigenvalue weighted by Gasteiger charge is -2.36. The molecule has 2 aromatic rings. The fourth-order valence-corrected chi connectivity index (χ4v) is 5.60. The van der Waals surface area contributed by atoms with E-state index in [-0.39, 0.29) is 18.1 Å². The summed E-state index contributed by atoms with van der Waals surface area (Å²) in [6.07, 6.45) is 10.2. The van der Waals surface area contributed by atoms with Crippen LogP contribution in [-0.4, -0.2) is 62.8 Å². The zero-order valence-corrected chi connectivity index (χ0v) is 17.5. The van der Waals surface area contributed by atoms with Crippen molar-refractivity contribution in [3.05, 3.63) is 36.4 Å². The summed E-state index contributed by atoms with van der Waals surface area (Å²) in [5, 5.41) is 8.82. The molecule has 4 atom stereocenters. The highest BCUT2D eigenvalue weighted by Gasteiger charge is 2.44. The lowest BCUT2D eigenvalue weighted by Crippen LogP contribution is -2.37. The number of carbonyl (C=O) groups is 1. The summed E-state index contributed by atoms with van der Waals surface area (Å²) in [5.74, 6) is 2.34. The summed E-state index contributed by atoms with van der Waals surface area (Å²) in [6.45, 7) is 1.69. The first-order valence-electron chi connectivity index (χ1n) is 10.5. The van der Waals surface area contributed by atoms with E-state index in [4.69, 9.17) is 4.74 Å². The second-order valence-corrected chi connectivity index (χ2v) is 9.55. The molecule has 29 heavy (non-hydrogen) atoms. The Kier molecular flexibility index (Phi) is 5.30. The summed E-state index contributed by atoms with van der Waals surface area (Å²) in [4.78, 5) is 19.9. The van der Waals surface area contributed by atoms with Gasteiger partial charge in [0, 0.05) is 49.6 Å². The number of aromatic nitrogens is 4. The number of amides is 1. The van der Waals surface area contributed by atoms with Gasteiger partial charge in [-0.25, -0.2) is 4.68 Å². The van der Waals surface area contributed by atoms with E-state index in [1.54, 1.807) is 31.3 Å². The molecule has 0 spiro atoms. The number of hydrogen-bond acceptors (Lipinski definition) is 6. The minimum Gasteiger partial charge on any atom is -0.379 e. The smallest absolute Gasteiger partial charge is 0.232 e. The number of thioether (sulfide) groups is 1. The van der Waals surface area contributed by atoms with Gasteiger partial charge in [0.1, 0.15) is 0 Å². The van der Waals surface area contributed by atoms with E-state index >= 15 is 0 Å². The Balaban J connectivity index is 1.22. The number of methoxy groups -OCH3 is 1. The second-order valence-electron chi connectivity index (χ2n) is 8.50. The van der Waals surface area contributed by atoms with Gasteiger partial charge in [0.15, 0.2) is 0 Å². The topological polar surface area (TPSA) is 73.1 Å². The van der Waals surface area contributed by atoms with Gasteiger partial charge in [-0.1, -0.05) is 5.21 Å². The minimum atomic E-state index is 0.131. The quantitative estimate of drug-likeness (QED) is 0.678. The van der Waals surface area contributed by atoms with E-state index in [1.807, 2.05) is 16.8 Å². The summed E-state index contributed by atoms with van der Waals surface area (Å²) in [6, 6.07) is 4.11. The summed E-state index contributed by atoms with van der Waals surface area (Å²) >= 11 is 1.58. The van der Waals surface area contributed by atoms with Crippen molar-refractivity contribution in [2.24, 2.45) is 11.8 Å². The zero-order valence-electron chi connectivity index (χ0n) is 16.7. The van der Waals surface area contributed by atoms with Crippen LogP contribution >= 0.6 is 11.8 Å². The number of likely N-dealkylation sites (tertiary alicyclic amines) is 1. The molecule has 0 aromatic carbocycles. The normalized spacial score (nSPS) is 29.1. The first-order valence-corrected chi connectivity index (χ1v) is 11.4. The number of nitrogens with zero attached hydrogens (tertiary/aromatic N) is 5. The maximum atomic E-state index is 12.8. The molecule has 2 aromatic heterocycles. The first-order chi connectivity index (χ1) is 14.2. The van der Waals surface area contributed by atoms with Crippen molar-refractivity contribution in [3.8, 4) is 0 Å². The van der Waals surface area contributed by atoms with Crippen LogP contribution < -0.4 is 0 Å². The maximum Gasteiger partial charge on any atom is 0.232 e. The van der Waals surface area contributed by atoms with Gasteiger partial charge < -0.3 is 9.64 Å². The van der Waals surface area contributed by atoms with Crippen LogP contribution in [0.2, 0.25) is 0 Å². The highest BCUT2D eigenvalue weighted by Crippen LogP contribution is 2.43. The molecule has 3 aliphatic rings. The van der Waals surface area contributed by atoms with Gasteiger partial charge >= 0.3 is 0 Å². The standard InChI is InChI=1S/C21H27N5O2S/c1-28-20-9-16-11-25(21(27)13-29-17-4-6-22-7-5-17)10-15(16)8-19(20)26-12-18(23-24-26)14-2-3-14/h4-7,12,14-16,19-20H,2-3,8-11,13H2,1H3/t15-,16+,19-,20-/m1/s1. The molecule has 1 aliphatic heterocycles. The van der Waals surface area contributed by atoms with Gasteiger partial charge in [-0.3, -0.25) is 9.78 Å². The van der Waals surface area contributed by atoms with E-state index in [1.165, 1.54) is 12.8 Å². The van der Waals surface area contributed by atoms with Gasteiger partial charge in [0.2, 0.25) is 5.91 Å². The number of pyridine rings is 1. The lowest BCUT2D eigenvalue weighted by molar-refractivity contribution is -0.127. The predicted octanol–water partition coefficient (Wildman–Crippen LogP) is 2.77. The number of ether oxygens (including phenoxy) is 1. The maximum absolute atomic E-state index is 12.8. The summed E-state index contributed by atoms with van der Waals surface area (Å²) in [5.41, 5.74) is 1.12. The van der Waals surface area contributed by atoms with Crippen LogP contribution in [0.5, 0.6) is 0 Å². The number of fused-ring (bicyclic) bond motifs is 1. The van der Waals surface area contributed by atoms with E-state index < -0.39 is 0 Å². The molecule has 0 bridgehead atoms. The molecule has 5 rings (SSSR count). The molecule has 154 valence electrons. The third-order valence-electron chi connectivity index (χ3n) is 6.62. The van der Waals surface area contributed by atoms with Crippen LogP contribution in [0, 0.1) is 11.8 Å². The molecular formula is C21H27N5O2S. The minimum absolute atomic E-state index is 0.131. The Morgan fingerprint density at radius 3 is 2.69 bits per heavy atom. The van der Waals surface area contributed by atoms with E-state index in [0.29, 0.717) is 23.5 Å². The van der Waals surface area contributed by atoms with Gasteiger partial charge in [0.05, 0.1) is 23.6 Å². The largest absolute Gasteiger partial charge is 0.379 e. The molecule has 1 amide bonds. The van der Waals surface area contributed by atoms with Crippen molar-refractivity contribution in [2.75, 3.05) is 26.0 Å². The van der Waals surface area contributed by atoms with Gasteiger partial charge in [-0.05, 0) is 49.7 Å². The van der Waals surface area contributed by atoms with Gasteiger partial charge in [-0.15, -0.1) is 16.9 Å². The Morgan fingerprint density at radius 2 is 1.97 bits per heavy atom. The fraction of sp³-hybridized carbons (Fsp3) is 0.619. The van der Waals surface area contributed by atoms with Crippen LogP contribution in [0.25, 0.3) is 0 Å². The van der Waals surface area contributed by atoms with Crippen LogP contribution in [0.4, 0.5) is 0 Å². The third-order valence-corrected chi connectivity index (χ3v) is 7.61. The highest BCUT2D eigenvalue weighted by atomic mass is 32.2. The molecule has 0 radical (unpaired) electrons. The van der Waals surface area contributed by atoms with Crippen LogP contribution in [0.3, 0.4) is 0 Å². The number of rotatable bonds is 6. The Labute approximate surface area is 175 Å². The molecule has 0 unspecified atom stereocenters. The Morgan fingerprint density at radius 1 is 1.21 bits per heavy atom. The van der Waals surface area contributed by atoms with Crippen LogP contribution in [-0.2, 0) is 9.53 Å². The van der Waals surface area contributed by atoms with Crippen molar-refractivity contribution >= 4 is 17.7 Å². The second kappa shape index (κ2) is 8.07. The zero-order chi connectivity index (χ0) is 19.8. The SMILES string of the molecule is CO[C@@H]1C[C@H]2CN(C(=O)CSc3ccncc3)C[C@H]2C[C@H]1n1cc(C2CC2)nn1.